The van der Waals surface area contributed by atoms with Gasteiger partial charge in [-0.3, -0.25) is 9.59 Å². The van der Waals surface area contributed by atoms with Crippen molar-refractivity contribution >= 4 is 50.9 Å². The lowest BCUT2D eigenvalue weighted by molar-refractivity contribution is -0.122. The second kappa shape index (κ2) is 9.76. The zero-order valence-electron chi connectivity index (χ0n) is 18.5. The fourth-order valence-electron chi connectivity index (χ4n) is 4.25. The van der Waals surface area contributed by atoms with Gasteiger partial charge in [0, 0.05) is 55.5 Å². The number of nitrogens with one attached hydrogen (secondary N) is 1. The molecular weight excluding hydrogens is 498 g/mol. The van der Waals surface area contributed by atoms with Crippen molar-refractivity contribution in [2.75, 3.05) is 52.7 Å². The lowest BCUT2D eigenvalue weighted by atomic mass is 10.1. The Morgan fingerprint density at radius 3 is 2.44 bits per heavy atom. The molecule has 1 unspecified atom stereocenters. The summed E-state index contributed by atoms with van der Waals surface area (Å²) in [6.45, 7) is 3.60. The Hall–Kier alpha value is -3.53. The SMILES string of the molecule is O=C(Nc1cnc(N2CCN(c3ccccn3)CC2)nc1)C1CC(=O)N(c2cccc(Br)c2)C1. The number of carbonyl (C=O) groups is 2. The normalized spacial score (nSPS) is 18.3. The molecule has 1 aromatic carbocycles. The predicted octanol–water partition coefficient (Wildman–Crippen LogP) is 2.95. The van der Waals surface area contributed by atoms with Crippen LogP contribution in [0.5, 0.6) is 0 Å². The third-order valence-corrected chi connectivity index (χ3v) is 6.55. The van der Waals surface area contributed by atoms with Gasteiger partial charge in [0.25, 0.3) is 0 Å². The van der Waals surface area contributed by atoms with E-state index in [2.05, 4.69) is 46.0 Å². The van der Waals surface area contributed by atoms with Crippen LogP contribution in [-0.2, 0) is 9.59 Å². The molecule has 0 spiro atoms. The second-order valence-electron chi connectivity index (χ2n) is 8.31. The Labute approximate surface area is 205 Å². The number of amides is 2. The van der Waals surface area contributed by atoms with E-state index in [-0.39, 0.29) is 18.2 Å². The molecule has 2 aliphatic heterocycles. The van der Waals surface area contributed by atoms with Gasteiger partial charge in [-0.2, -0.15) is 0 Å². The minimum Gasteiger partial charge on any atom is -0.353 e. The molecule has 9 nitrogen and oxygen atoms in total. The van der Waals surface area contributed by atoms with E-state index in [1.54, 1.807) is 23.5 Å². The molecular formula is C24H24BrN7O2. The summed E-state index contributed by atoms with van der Waals surface area (Å²) in [6.07, 6.45) is 5.22. The van der Waals surface area contributed by atoms with Gasteiger partial charge < -0.3 is 20.0 Å². The number of carbonyl (C=O) groups excluding carboxylic acids is 2. The van der Waals surface area contributed by atoms with Crippen LogP contribution in [0.25, 0.3) is 0 Å². The van der Waals surface area contributed by atoms with Crippen LogP contribution in [-0.4, -0.2) is 59.5 Å². The van der Waals surface area contributed by atoms with E-state index in [0.29, 0.717) is 18.2 Å². The fraction of sp³-hybridized carbons (Fsp3) is 0.292. The van der Waals surface area contributed by atoms with Crippen LogP contribution < -0.4 is 20.0 Å². The van der Waals surface area contributed by atoms with E-state index in [4.69, 9.17) is 0 Å². The summed E-state index contributed by atoms with van der Waals surface area (Å²) in [6, 6.07) is 13.4. The van der Waals surface area contributed by atoms with Crippen molar-refractivity contribution in [3.05, 3.63) is 65.5 Å². The second-order valence-corrected chi connectivity index (χ2v) is 9.22. The third kappa shape index (κ3) is 4.86. The van der Waals surface area contributed by atoms with Gasteiger partial charge in [-0.25, -0.2) is 15.0 Å². The first-order valence-electron chi connectivity index (χ1n) is 11.2. The first-order valence-corrected chi connectivity index (χ1v) is 12.0. The highest BCUT2D eigenvalue weighted by molar-refractivity contribution is 9.10. The number of anilines is 4. The number of benzene rings is 1. The van der Waals surface area contributed by atoms with Crippen LogP contribution in [0, 0.1) is 5.92 Å². The van der Waals surface area contributed by atoms with Crippen molar-refractivity contribution in [2.24, 2.45) is 5.92 Å². The molecule has 1 N–H and O–H groups in total. The van der Waals surface area contributed by atoms with E-state index < -0.39 is 5.92 Å². The van der Waals surface area contributed by atoms with Gasteiger partial charge in [0.05, 0.1) is 24.0 Å². The molecule has 2 saturated heterocycles. The maximum Gasteiger partial charge on any atom is 0.229 e. The van der Waals surface area contributed by atoms with Gasteiger partial charge in [-0.1, -0.05) is 28.1 Å². The molecule has 2 fully saturated rings. The molecule has 2 aromatic heterocycles. The summed E-state index contributed by atoms with van der Waals surface area (Å²) < 4.78 is 0.890. The number of pyridine rings is 1. The topological polar surface area (TPSA) is 94.6 Å². The standard InChI is InChI=1S/C24H24BrN7O2/c25-18-4-3-5-20(13-18)32-16-17(12-22(32)33)23(34)29-19-14-27-24(28-15-19)31-10-8-30(9-11-31)21-6-1-2-7-26-21/h1-7,13-15,17H,8-12,16H2,(H,29,34). The Morgan fingerprint density at radius 2 is 1.74 bits per heavy atom. The van der Waals surface area contributed by atoms with Crippen LogP contribution in [0.2, 0.25) is 0 Å². The van der Waals surface area contributed by atoms with Gasteiger partial charge in [-0.15, -0.1) is 0 Å². The van der Waals surface area contributed by atoms with E-state index in [1.165, 1.54) is 0 Å². The monoisotopic (exact) mass is 521 g/mol. The first-order chi connectivity index (χ1) is 16.6. The van der Waals surface area contributed by atoms with Gasteiger partial charge in [0.1, 0.15) is 5.82 Å². The van der Waals surface area contributed by atoms with Crippen LogP contribution in [0.3, 0.4) is 0 Å². The quantitative estimate of drug-likeness (QED) is 0.551. The lowest BCUT2D eigenvalue weighted by Crippen LogP contribution is -2.47. The number of hydrogen-bond donors (Lipinski definition) is 1. The summed E-state index contributed by atoms with van der Waals surface area (Å²) >= 11 is 3.43. The highest BCUT2D eigenvalue weighted by Gasteiger charge is 2.35. The largest absolute Gasteiger partial charge is 0.353 e. The maximum absolute atomic E-state index is 12.8. The van der Waals surface area contributed by atoms with Gasteiger partial charge in [-0.05, 0) is 30.3 Å². The van der Waals surface area contributed by atoms with Gasteiger partial charge >= 0.3 is 0 Å². The lowest BCUT2D eigenvalue weighted by Gasteiger charge is -2.35. The fourth-order valence-corrected chi connectivity index (χ4v) is 4.63. The average molecular weight is 522 g/mol. The average Bonchev–Trinajstić information content (AvgIpc) is 3.27. The van der Waals surface area contributed by atoms with Gasteiger partial charge in [0.15, 0.2) is 0 Å². The van der Waals surface area contributed by atoms with E-state index >= 15 is 0 Å². The highest BCUT2D eigenvalue weighted by Crippen LogP contribution is 2.28. The summed E-state index contributed by atoms with van der Waals surface area (Å²) in [5.74, 6) is 0.923. The zero-order valence-corrected chi connectivity index (χ0v) is 20.1. The first kappa shape index (κ1) is 22.3. The van der Waals surface area contributed by atoms with E-state index in [1.807, 2.05) is 42.5 Å². The molecule has 0 bridgehead atoms. The molecule has 0 radical (unpaired) electrons. The number of aromatic nitrogens is 3. The zero-order chi connectivity index (χ0) is 23.5. The van der Waals surface area contributed by atoms with Crippen molar-refractivity contribution in [3.63, 3.8) is 0 Å². The Bertz CT molecular complexity index is 1170. The van der Waals surface area contributed by atoms with Crippen LogP contribution in [0.15, 0.2) is 65.5 Å². The molecule has 2 amide bonds. The minimum atomic E-state index is -0.425. The van der Waals surface area contributed by atoms with Crippen LogP contribution >= 0.6 is 15.9 Å². The van der Waals surface area contributed by atoms with Gasteiger partial charge in [0.2, 0.25) is 17.8 Å². The molecule has 5 rings (SSSR count). The molecule has 1 atom stereocenters. The number of halogens is 1. The predicted molar refractivity (Wildman–Crippen MR) is 134 cm³/mol. The third-order valence-electron chi connectivity index (χ3n) is 6.06. The summed E-state index contributed by atoms with van der Waals surface area (Å²) in [4.78, 5) is 44.6. The smallest absolute Gasteiger partial charge is 0.229 e. The maximum atomic E-state index is 12.8. The molecule has 3 aromatic rings. The Kier molecular flexibility index (Phi) is 6.39. The molecule has 0 aliphatic carbocycles. The molecule has 2 aliphatic rings. The number of nitrogens with zero attached hydrogens (tertiary/aromatic N) is 6. The van der Waals surface area contributed by atoms with Crippen LogP contribution in [0.1, 0.15) is 6.42 Å². The summed E-state index contributed by atoms with van der Waals surface area (Å²) in [5, 5.41) is 2.86. The summed E-state index contributed by atoms with van der Waals surface area (Å²) in [5.41, 5.74) is 1.31. The number of rotatable bonds is 5. The van der Waals surface area contributed by atoms with Crippen molar-refractivity contribution < 1.29 is 9.59 Å². The Morgan fingerprint density at radius 1 is 0.971 bits per heavy atom. The number of piperazine rings is 1. The highest BCUT2D eigenvalue weighted by atomic mass is 79.9. The molecule has 34 heavy (non-hydrogen) atoms. The molecule has 0 saturated carbocycles. The van der Waals surface area contributed by atoms with Crippen molar-refractivity contribution in [1.82, 2.24) is 15.0 Å². The molecule has 10 heteroatoms. The molecule has 174 valence electrons. The van der Waals surface area contributed by atoms with Crippen molar-refractivity contribution in [1.29, 1.82) is 0 Å². The molecule has 4 heterocycles. The summed E-state index contributed by atoms with van der Waals surface area (Å²) in [7, 11) is 0. The number of hydrogen-bond acceptors (Lipinski definition) is 7. The van der Waals surface area contributed by atoms with E-state index in [9.17, 15) is 9.59 Å². The van der Waals surface area contributed by atoms with Crippen LogP contribution in [0.4, 0.5) is 23.1 Å². The minimum absolute atomic E-state index is 0.0605. The van der Waals surface area contributed by atoms with Crippen molar-refractivity contribution in [3.8, 4) is 0 Å². The van der Waals surface area contributed by atoms with Crippen molar-refractivity contribution in [2.45, 2.75) is 6.42 Å². The van der Waals surface area contributed by atoms with E-state index in [0.717, 1.165) is 42.2 Å². The Balaban J connectivity index is 1.16.